The average Bonchev–Trinajstić information content (AvgIpc) is 2.97. The fraction of sp³-hybridized carbons (Fsp3) is 0.867. The Balaban J connectivity index is 1.77. The first kappa shape index (κ1) is 17.6. The Labute approximate surface area is 140 Å². The van der Waals surface area contributed by atoms with Crippen LogP contribution in [0.25, 0.3) is 0 Å². The maximum atomic E-state index is 12.5. The second-order valence-electron chi connectivity index (χ2n) is 6.98. The molecule has 0 radical (unpaired) electrons. The number of fused-ring (bicyclic) bond motifs is 3. The smallest absolute Gasteiger partial charge is 0.252 e. The maximum Gasteiger partial charge on any atom is 0.252 e. The molecule has 3 rings (SSSR count). The zero-order chi connectivity index (χ0) is 17.7. The Morgan fingerprint density at radius 1 is 0.917 bits per heavy atom. The molecule has 0 bridgehead atoms. The highest BCUT2D eigenvalue weighted by atomic mass is 16.9. The van der Waals surface area contributed by atoms with E-state index in [4.69, 9.17) is 23.7 Å². The van der Waals surface area contributed by atoms with E-state index in [1.54, 1.807) is 27.7 Å². The van der Waals surface area contributed by atoms with Crippen molar-refractivity contribution in [1.82, 2.24) is 10.6 Å². The van der Waals surface area contributed by atoms with Crippen LogP contribution in [0.4, 0.5) is 0 Å². The van der Waals surface area contributed by atoms with E-state index in [0.29, 0.717) is 0 Å². The van der Waals surface area contributed by atoms with Gasteiger partial charge in [-0.1, -0.05) is 0 Å². The standard InChI is InChI=1S/C15H24N2O7/c1-14(2)21-8-9(22-14)11-13(24-15(3,4)23-11)20-10(8)12(19)17-6-7(18)16-5/h8-11,13H,6H2,1-5H3,(H,16,18)(H,17,19)/t8-,9+,10+,11-,13-/m1/s1. The molecule has 3 heterocycles. The third-order valence-corrected chi connectivity index (χ3v) is 4.12. The highest BCUT2D eigenvalue weighted by Crippen LogP contribution is 2.44. The van der Waals surface area contributed by atoms with Gasteiger partial charge in [-0.05, 0) is 27.7 Å². The molecular formula is C15H24N2O7. The predicted octanol–water partition coefficient (Wildman–Crippen LogP) is -0.755. The summed E-state index contributed by atoms with van der Waals surface area (Å²) in [5.41, 5.74) is 0. The molecule has 3 fully saturated rings. The van der Waals surface area contributed by atoms with Crippen molar-refractivity contribution < 1.29 is 33.3 Å². The number of carbonyl (C=O) groups is 2. The maximum absolute atomic E-state index is 12.5. The lowest BCUT2D eigenvalue weighted by molar-refractivity contribution is -0.231. The van der Waals surface area contributed by atoms with Gasteiger partial charge in [0.25, 0.3) is 5.91 Å². The monoisotopic (exact) mass is 344 g/mol. The van der Waals surface area contributed by atoms with E-state index in [1.165, 1.54) is 7.05 Å². The van der Waals surface area contributed by atoms with Gasteiger partial charge in [0, 0.05) is 7.05 Å². The fourth-order valence-electron chi connectivity index (χ4n) is 3.18. The number of carbonyl (C=O) groups excluding carboxylic acids is 2. The van der Waals surface area contributed by atoms with Crippen LogP contribution in [0.2, 0.25) is 0 Å². The van der Waals surface area contributed by atoms with Crippen molar-refractivity contribution in [2.24, 2.45) is 0 Å². The molecule has 0 saturated carbocycles. The first-order valence-electron chi connectivity index (χ1n) is 7.97. The summed E-state index contributed by atoms with van der Waals surface area (Å²) >= 11 is 0. The van der Waals surface area contributed by atoms with Gasteiger partial charge in [-0.2, -0.15) is 0 Å². The molecule has 3 aliphatic rings. The summed E-state index contributed by atoms with van der Waals surface area (Å²) in [7, 11) is 1.49. The van der Waals surface area contributed by atoms with E-state index in [2.05, 4.69) is 10.6 Å². The van der Waals surface area contributed by atoms with Crippen molar-refractivity contribution >= 4 is 11.8 Å². The first-order chi connectivity index (χ1) is 11.1. The topological polar surface area (TPSA) is 104 Å². The van der Waals surface area contributed by atoms with Crippen LogP contribution in [0.1, 0.15) is 27.7 Å². The summed E-state index contributed by atoms with van der Waals surface area (Å²) < 4.78 is 29.1. The lowest BCUT2D eigenvalue weighted by Gasteiger charge is -2.36. The highest BCUT2D eigenvalue weighted by Gasteiger charge is 2.62. The number of likely N-dealkylation sites (N-methyl/N-ethyl adjacent to an activating group) is 1. The molecule has 9 nitrogen and oxygen atoms in total. The molecule has 0 aromatic carbocycles. The van der Waals surface area contributed by atoms with Crippen molar-refractivity contribution in [3.63, 3.8) is 0 Å². The summed E-state index contributed by atoms with van der Waals surface area (Å²) in [5.74, 6) is -2.48. The zero-order valence-electron chi connectivity index (χ0n) is 14.5. The van der Waals surface area contributed by atoms with Gasteiger partial charge in [-0.15, -0.1) is 0 Å². The highest BCUT2D eigenvalue weighted by molar-refractivity contribution is 5.87. The van der Waals surface area contributed by atoms with E-state index in [0.717, 1.165) is 0 Å². The molecule has 2 amide bonds. The van der Waals surface area contributed by atoms with Crippen molar-refractivity contribution in [3.05, 3.63) is 0 Å². The molecule has 136 valence electrons. The van der Waals surface area contributed by atoms with Crippen molar-refractivity contribution in [3.8, 4) is 0 Å². The number of ether oxygens (including phenoxy) is 5. The van der Waals surface area contributed by atoms with E-state index in [-0.39, 0.29) is 12.5 Å². The second-order valence-corrected chi connectivity index (χ2v) is 6.98. The predicted molar refractivity (Wildman–Crippen MR) is 79.6 cm³/mol. The zero-order valence-corrected chi connectivity index (χ0v) is 14.5. The number of rotatable bonds is 3. The number of amides is 2. The molecule has 0 aromatic rings. The third-order valence-electron chi connectivity index (χ3n) is 4.12. The van der Waals surface area contributed by atoms with Gasteiger partial charge in [0.05, 0.1) is 6.54 Å². The van der Waals surface area contributed by atoms with Crippen LogP contribution in [-0.4, -0.2) is 67.7 Å². The molecule has 2 N–H and O–H groups in total. The van der Waals surface area contributed by atoms with Gasteiger partial charge in [0.1, 0.15) is 18.3 Å². The second kappa shape index (κ2) is 5.92. The van der Waals surface area contributed by atoms with Gasteiger partial charge < -0.3 is 34.3 Å². The summed E-state index contributed by atoms with van der Waals surface area (Å²) in [5, 5.41) is 4.97. The van der Waals surface area contributed by atoms with Crippen LogP contribution in [0.5, 0.6) is 0 Å². The van der Waals surface area contributed by atoms with E-state index < -0.39 is 48.2 Å². The number of nitrogens with one attached hydrogen (secondary N) is 2. The molecule has 0 aliphatic carbocycles. The minimum atomic E-state index is -0.958. The lowest BCUT2D eigenvalue weighted by Crippen LogP contribution is -2.60. The van der Waals surface area contributed by atoms with Gasteiger partial charge >= 0.3 is 0 Å². The Morgan fingerprint density at radius 3 is 2.17 bits per heavy atom. The number of hydrogen-bond acceptors (Lipinski definition) is 7. The molecule has 5 atom stereocenters. The van der Waals surface area contributed by atoms with Crippen molar-refractivity contribution in [1.29, 1.82) is 0 Å². The lowest BCUT2D eigenvalue weighted by atomic mass is 9.98. The Hall–Kier alpha value is -1.26. The van der Waals surface area contributed by atoms with Gasteiger partial charge in [-0.3, -0.25) is 9.59 Å². The van der Waals surface area contributed by atoms with Crippen LogP contribution < -0.4 is 10.6 Å². The normalized spacial score (nSPS) is 39.0. The van der Waals surface area contributed by atoms with Gasteiger partial charge in [-0.25, -0.2) is 0 Å². The molecular weight excluding hydrogens is 320 g/mol. The molecule has 0 unspecified atom stereocenters. The minimum Gasteiger partial charge on any atom is -0.358 e. The van der Waals surface area contributed by atoms with Crippen LogP contribution in [0, 0.1) is 0 Å². The Morgan fingerprint density at radius 2 is 1.50 bits per heavy atom. The van der Waals surface area contributed by atoms with Crippen LogP contribution in [-0.2, 0) is 33.3 Å². The van der Waals surface area contributed by atoms with E-state index in [9.17, 15) is 9.59 Å². The summed E-state index contributed by atoms with van der Waals surface area (Å²) in [6.45, 7) is 6.92. The van der Waals surface area contributed by atoms with E-state index in [1.807, 2.05) is 0 Å². The van der Waals surface area contributed by atoms with Crippen LogP contribution in [0.15, 0.2) is 0 Å². The quantitative estimate of drug-likeness (QED) is 0.694. The van der Waals surface area contributed by atoms with Gasteiger partial charge in [0.15, 0.2) is 24.0 Å². The molecule has 9 heteroatoms. The average molecular weight is 344 g/mol. The molecule has 24 heavy (non-hydrogen) atoms. The fourth-order valence-corrected chi connectivity index (χ4v) is 3.18. The van der Waals surface area contributed by atoms with Crippen molar-refractivity contribution in [2.75, 3.05) is 13.6 Å². The van der Waals surface area contributed by atoms with Crippen LogP contribution >= 0.6 is 0 Å². The van der Waals surface area contributed by atoms with Crippen LogP contribution in [0.3, 0.4) is 0 Å². The Bertz CT molecular complexity index is 536. The summed E-state index contributed by atoms with van der Waals surface area (Å²) in [6, 6.07) is 0. The van der Waals surface area contributed by atoms with E-state index >= 15 is 0 Å². The minimum absolute atomic E-state index is 0.145. The largest absolute Gasteiger partial charge is 0.358 e. The SMILES string of the molecule is CNC(=O)CNC(=O)[C@H]1O[C@@H]2OC(C)(C)O[C@@H]2[C@H]2OC(C)(C)O[C@H]21. The van der Waals surface area contributed by atoms with Gasteiger partial charge in [0.2, 0.25) is 5.91 Å². The molecule has 3 saturated heterocycles. The van der Waals surface area contributed by atoms with Crippen molar-refractivity contribution in [2.45, 2.75) is 70.0 Å². The number of hydrogen-bond donors (Lipinski definition) is 2. The first-order valence-corrected chi connectivity index (χ1v) is 7.97. The summed E-state index contributed by atoms with van der Waals surface area (Å²) in [4.78, 5) is 23.8. The third kappa shape index (κ3) is 3.27. The molecule has 0 aromatic heterocycles. The Kier molecular flexibility index (Phi) is 4.33. The summed E-state index contributed by atoms with van der Waals surface area (Å²) in [6.07, 6.45) is -3.34. The molecule has 0 spiro atoms. The molecule has 3 aliphatic heterocycles.